The Morgan fingerprint density at radius 3 is 2.95 bits per heavy atom. The number of benzene rings is 1. The predicted octanol–water partition coefficient (Wildman–Crippen LogP) is 3.50. The molecule has 0 spiro atoms. The molecular weight excluding hydrogens is 269 g/mol. The molecule has 0 bridgehead atoms. The van der Waals surface area contributed by atoms with E-state index in [0.29, 0.717) is 24.8 Å². The van der Waals surface area contributed by atoms with Crippen LogP contribution in [0.1, 0.15) is 38.2 Å². The first-order valence-electron chi connectivity index (χ1n) is 7.84. The van der Waals surface area contributed by atoms with Crippen LogP contribution >= 0.6 is 0 Å². The van der Waals surface area contributed by atoms with E-state index >= 15 is 0 Å². The molecule has 0 aromatic heterocycles. The zero-order valence-electron chi connectivity index (χ0n) is 12.9. The van der Waals surface area contributed by atoms with Gasteiger partial charge in [0.05, 0.1) is 24.5 Å². The van der Waals surface area contributed by atoms with E-state index in [9.17, 15) is 9.50 Å². The molecule has 3 atom stereocenters. The Balaban J connectivity index is 1.70. The second-order valence-electron chi connectivity index (χ2n) is 6.25. The van der Waals surface area contributed by atoms with Crippen LogP contribution in [0.3, 0.4) is 0 Å². The number of hydrogen-bond acceptors (Lipinski definition) is 3. The van der Waals surface area contributed by atoms with Crippen molar-refractivity contribution in [2.24, 2.45) is 5.92 Å². The summed E-state index contributed by atoms with van der Waals surface area (Å²) in [5.41, 5.74) is 1.30. The summed E-state index contributed by atoms with van der Waals surface area (Å²) in [7, 11) is 0. The maximum atomic E-state index is 13.6. The van der Waals surface area contributed by atoms with Gasteiger partial charge in [0.2, 0.25) is 0 Å². The largest absolute Gasteiger partial charge is 0.389 e. The second kappa shape index (κ2) is 7.76. The summed E-state index contributed by atoms with van der Waals surface area (Å²) in [6.45, 7) is 4.69. The van der Waals surface area contributed by atoms with Gasteiger partial charge in [-0.25, -0.2) is 4.39 Å². The lowest BCUT2D eigenvalue weighted by Gasteiger charge is -2.27. The lowest BCUT2D eigenvalue weighted by atomic mass is 9.89. The van der Waals surface area contributed by atoms with Gasteiger partial charge in [-0.15, -0.1) is 0 Å². The molecule has 0 amide bonds. The minimum absolute atomic E-state index is 0.263. The number of nitrogens with one attached hydrogen (secondary N) is 1. The van der Waals surface area contributed by atoms with Crippen LogP contribution in [0.2, 0.25) is 0 Å². The Kier molecular flexibility index (Phi) is 6.00. The van der Waals surface area contributed by atoms with Gasteiger partial charge in [0.25, 0.3) is 0 Å². The van der Waals surface area contributed by atoms with E-state index in [4.69, 9.17) is 4.74 Å². The molecule has 0 heterocycles. The third-order valence-corrected chi connectivity index (χ3v) is 4.07. The van der Waals surface area contributed by atoms with E-state index in [1.807, 2.05) is 13.0 Å². The lowest BCUT2D eigenvalue weighted by Crippen LogP contribution is -2.30. The molecule has 3 unspecified atom stereocenters. The Morgan fingerprint density at radius 1 is 1.43 bits per heavy atom. The summed E-state index contributed by atoms with van der Waals surface area (Å²) in [5.74, 6) is 0.421. The van der Waals surface area contributed by atoms with Crippen molar-refractivity contribution in [1.82, 2.24) is 0 Å². The molecular formula is C17H26FNO2. The quantitative estimate of drug-likeness (QED) is 0.844. The molecule has 1 aromatic rings. The highest BCUT2D eigenvalue weighted by atomic mass is 19.1. The topological polar surface area (TPSA) is 41.5 Å². The van der Waals surface area contributed by atoms with Crippen LogP contribution in [0.5, 0.6) is 0 Å². The predicted molar refractivity (Wildman–Crippen MR) is 83.0 cm³/mol. The molecule has 3 nitrogen and oxygen atoms in total. The Morgan fingerprint density at radius 2 is 2.24 bits per heavy atom. The molecule has 1 aliphatic carbocycles. The average Bonchev–Trinajstić information content (AvgIpc) is 2.44. The molecule has 1 aromatic carbocycles. The van der Waals surface area contributed by atoms with E-state index < -0.39 is 6.10 Å². The van der Waals surface area contributed by atoms with Gasteiger partial charge in [-0.05, 0) is 43.4 Å². The molecule has 1 aliphatic rings. The van der Waals surface area contributed by atoms with Crippen molar-refractivity contribution < 1.29 is 14.2 Å². The third-order valence-electron chi connectivity index (χ3n) is 4.07. The Bertz CT molecular complexity index is 452. The molecule has 1 fully saturated rings. The molecule has 1 saturated carbocycles. The monoisotopic (exact) mass is 295 g/mol. The summed E-state index contributed by atoms with van der Waals surface area (Å²) >= 11 is 0. The van der Waals surface area contributed by atoms with E-state index in [-0.39, 0.29) is 11.9 Å². The minimum atomic E-state index is -0.622. The summed E-state index contributed by atoms with van der Waals surface area (Å²) in [5, 5.41) is 12.9. The van der Waals surface area contributed by atoms with Crippen molar-refractivity contribution in [1.29, 1.82) is 0 Å². The molecule has 21 heavy (non-hydrogen) atoms. The highest BCUT2D eigenvalue weighted by Crippen LogP contribution is 2.25. The van der Waals surface area contributed by atoms with Crippen LogP contribution in [0.25, 0.3) is 0 Å². The van der Waals surface area contributed by atoms with Crippen LogP contribution in [0.4, 0.5) is 10.1 Å². The zero-order chi connectivity index (χ0) is 15.2. The first kappa shape index (κ1) is 16.2. The molecule has 0 saturated heterocycles. The van der Waals surface area contributed by atoms with Crippen LogP contribution in [0, 0.1) is 18.7 Å². The highest BCUT2D eigenvalue weighted by Gasteiger charge is 2.20. The number of anilines is 1. The molecule has 4 heteroatoms. The van der Waals surface area contributed by atoms with Gasteiger partial charge < -0.3 is 15.2 Å². The summed E-state index contributed by atoms with van der Waals surface area (Å²) in [4.78, 5) is 0. The van der Waals surface area contributed by atoms with Gasteiger partial charge in [0.15, 0.2) is 0 Å². The number of rotatable bonds is 6. The van der Waals surface area contributed by atoms with Crippen molar-refractivity contribution in [2.45, 2.75) is 51.7 Å². The molecule has 2 rings (SSSR count). The lowest BCUT2D eigenvalue weighted by molar-refractivity contribution is -0.0274. The fourth-order valence-corrected chi connectivity index (χ4v) is 2.83. The fourth-order valence-electron chi connectivity index (χ4n) is 2.83. The number of aryl methyl sites for hydroxylation is 1. The minimum Gasteiger partial charge on any atom is -0.389 e. The zero-order valence-corrected chi connectivity index (χ0v) is 12.9. The highest BCUT2D eigenvalue weighted by molar-refractivity contribution is 5.46. The van der Waals surface area contributed by atoms with Crippen LogP contribution < -0.4 is 5.32 Å². The second-order valence-corrected chi connectivity index (χ2v) is 6.25. The average molecular weight is 295 g/mol. The van der Waals surface area contributed by atoms with Gasteiger partial charge in [-0.3, -0.25) is 0 Å². The SMILES string of the molecule is Cc1ccc(NCC(O)COC2CCCC(C)C2)c(F)c1. The van der Waals surface area contributed by atoms with Crippen molar-refractivity contribution in [2.75, 3.05) is 18.5 Å². The summed E-state index contributed by atoms with van der Waals surface area (Å²) < 4.78 is 19.4. The van der Waals surface area contributed by atoms with Crippen LogP contribution in [-0.2, 0) is 4.74 Å². The van der Waals surface area contributed by atoms with Gasteiger partial charge in [-0.2, -0.15) is 0 Å². The summed E-state index contributed by atoms with van der Waals surface area (Å²) in [6, 6.07) is 5.02. The Hall–Kier alpha value is -1.13. The Labute approximate surface area is 126 Å². The number of aliphatic hydroxyl groups is 1. The van der Waals surface area contributed by atoms with Crippen molar-refractivity contribution in [3.8, 4) is 0 Å². The smallest absolute Gasteiger partial charge is 0.146 e. The van der Waals surface area contributed by atoms with E-state index in [1.165, 1.54) is 18.9 Å². The van der Waals surface area contributed by atoms with Gasteiger partial charge in [0.1, 0.15) is 5.82 Å². The van der Waals surface area contributed by atoms with Crippen molar-refractivity contribution in [3.05, 3.63) is 29.6 Å². The summed E-state index contributed by atoms with van der Waals surface area (Å²) in [6.07, 6.45) is 4.28. The maximum absolute atomic E-state index is 13.6. The number of hydrogen-bond donors (Lipinski definition) is 2. The van der Waals surface area contributed by atoms with E-state index in [0.717, 1.165) is 18.4 Å². The van der Waals surface area contributed by atoms with Crippen LogP contribution in [0.15, 0.2) is 18.2 Å². The molecule has 118 valence electrons. The number of ether oxygens (including phenoxy) is 1. The number of aliphatic hydroxyl groups excluding tert-OH is 1. The number of halogens is 1. The maximum Gasteiger partial charge on any atom is 0.146 e. The van der Waals surface area contributed by atoms with E-state index in [2.05, 4.69) is 12.2 Å². The van der Waals surface area contributed by atoms with Gasteiger partial charge >= 0.3 is 0 Å². The van der Waals surface area contributed by atoms with Gasteiger partial charge in [-0.1, -0.05) is 25.8 Å². The first-order chi connectivity index (χ1) is 10.0. The van der Waals surface area contributed by atoms with Crippen LogP contribution in [-0.4, -0.2) is 30.5 Å². The van der Waals surface area contributed by atoms with Crippen molar-refractivity contribution in [3.63, 3.8) is 0 Å². The molecule has 0 radical (unpaired) electrons. The molecule has 0 aliphatic heterocycles. The third kappa shape index (κ3) is 5.29. The van der Waals surface area contributed by atoms with Crippen molar-refractivity contribution >= 4 is 5.69 Å². The molecule has 2 N–H and O–H groups in total. The van der Waals surface area contributed by atoms with Gasteiger partial charge in [0, 0.05) is 6.54 Å². The standard InChI is InChI=1S/C17H26FNO2/c1-12-4-3-5-15(8-12)21-11-14(20)10-19-17-7-6-13(2)9-16(17)18/h6-7,9,12,14-15,19-20H,3-5,8,10-11H2,1-2H3. The first-order valence-corrected chi connectivity index (χ1v) is 7.84. The normalized spacial score (nSPS) is 23.8. The fraction of sp³-hybridized carbons (Fsp3) is 0.647. The van der Waals surface area contributed by atoms with E-state index in [1.54, 1.807) is 6.07 Å².